The van der Waals surface area contributed by atoms with E-state index in [1.165, 1.54) is 4.90 Å². The number of alkyl halides is 2. The highest BCUT2D eigenvalue weighted by Gasteiger charge is 2.35. The molecule has 0 spiro atoms. The zero-order valence-electron chi connectivity index (χ0n) is 8.33. The Bertz CT molecular complexity index is 227. The van der Waals surface area contributed by atoms with Gasteiger partial charge in [0.1, 0.15) is 0 Å². The predicted octanol–water partition coefficient (Wildman–Crippen LogP) is 1.01. The molecule has 0 aliphatic carbocycles. The van der Waals surface area contributed by atoms with Crippen LogP contribution < -0.4 is 0 Å². The van der Waals surface area contributed by atoms with Crippen molar-refractivity contribution in [2.45, 2.75) is 44.8 Å². The second-order valence-corrected chi connectivity index (χ2v) is 4.03. The van der Waals surface area contributed by atoms with E-state index in [0.717, 1.165) is 6.92 Å². The number of hydrogen-bond donors (Lipinski definition) is 1. The molecule has 0 aromatic heterocycles. The number of aliphatic hydroxyl groups is 1. The number of amides is 1. The van der Waals surface area contributed by atoms with Gasteiger partial charge < -0.3 is 10.0 Å². The van der Waals surface area contributed by atoms with Crippen molar-refractivity contribution in [2.75, 3.05) is 6.54 Å². The second-order valence-electron chi connectivity index (χ2n) is 4.03. The van der Waals surface area contributed by atoms with E-state index in [0.29, 0.717) is 6.42 Å². The van der Waals surface area contributed by atoms with E-state index in [2.05, 4.69) is 0 Å². The van der Waals surface area contributed by atoms with Gasteiger partial charge in [-0.15, -0.1) is 0 Å². The first-order chi connectivity index (χ1) is 6.29. The first-order valence-electron chi connectivity index (χ1n) is 4.65. The molecular weight excluding hydrogens is 192 g/mol. The maximum Gasteiger partial charge on any atom is 0.254 e. The van der Waals surface area contributed by atoms with Gasteiger partial charge in [-0.25, -0.2) is 8.78 Å². The molecule has 14 heavy (non-hydrogen) atoms. The molecule has 1 fully saturated rings. The smallest absolute Gasteiger partial charge is 0.254 e. The van der Waals surface area contributed by atoms with Gasteiger partial charge in [0.05, 0.1) is 12.5 Å². The van der Waals surface area contributed by atoms with Gasteiger partial charge in [-0.05, 0) is 20.3 Å². The molecule has 1 aliphatic heterocycles. The fourth-order valence-electron chi connectivity index (χ4n) is 1.72. The molecule has 2 unspecified atom stereocenters. The first-order valence-corrected chi connectivity index (χ1v) is 4.65. The van der Waals surface area contributed by atoms with E-state index < -0.39 is 24.4 Å². The van der Waals surface area contributed by atoms with E-state index in [1.54, 1.807) is 6.92 Å². The highest BCUT2D eigenvalue weighted by Crippen LogP contribution is 2.23. The molecule has 1 N–H and O–H groups in total. The molecule has 1 heterocycles. The maximum absolute atomic E-state index is 12.5. The van der Waals surface area contributed by atoms with Crippen molar-refractivity contribution < 1.29 is 18.7 Å². The summed E-state index contributed by atoms with van der Waals surface area (Å²) in [7, 11) is 0. The van der Waals surface area contributed by atoms with Crippen LogP contribution in [0, 0.1) is 0 Å². The Morgan fingerprint density at radius 2 is 2.21 bits per heavy atom. The average molecular weight is 207 g/mol. The van der Waals surface area contributed by atoms with Crippen LogP contribution in [0.1, 0.15) is 26.7 Å². The quantitative estimate of drug-likeness (QED) is 0.734. The largest absolute Gasteiger partial charge is 0.391 e. The van der Waals surface area contributed by atoms with Crippen LogP contribution in [-0.4, -0.2) is 40.5 Å². The molecule has 0 radical (unpaired) electrons. The summed E-state index contributed by atoms with van der Waals surface area (Å²) >= 11 is 0. The Balaban J connectivity index is 2.53. The molecule has 1 amide bonds. The molecular formula is C9H15F2NO2. The van der Waals surface area contributed by atoms with E-state index in [9.17, 15) is 18.7 Å². The lowest BCUT2D eigenvalue weighted by molar-refractivity contribution is -0.138. The molecule has 0 bridgehead atoms. The summed E-state index contributed by atoms with van der Waals surface area (Å²) in [6.45, 7) is 2.65. The second kappa shape index (κ2) is 3.81. The minimum atomic E-state index is -2.97. The third-order valence-corrected chi connectivity index (χ3v) is 2.33. The number of carbonyl (C=O) groups is 1. The van der Waals surface area contributed by atoms with E-state index >= 15 is 0 Å². The maximum atomic E-state index is 12.5. The molecule has 0 saturated carbocycles. The van der Waals surface area contributed by atoms with Gasteiger partial charge in [0.2, 0.25) is 5.91 Å². The lowest BCUT2D eigenvalue weighted by Gasteiger charge is -2.22. The number of hydrogen-bond acceptors (Lipinski definition) is 2. The Hall–Kier alpha value is -0.710. The summed E-state index contributed by atoms with van der Waals surface area (Å²) in [5.74, 6) is -3.55. The Kier molecular flexibility index (Phi) is 3.09. The minimum Gasteiger partial charge on any atom is -0.391 e. The number of halogens is 2. The van der Waals surface area contributed by atoms with Crippen molar-refractivity contribution in [3.8, 4) is 0 Å². The molecule has 5 heteroatoms. The van der Waals surface area contributed by atoms with Crippen molar-refractivity contribution in [1.82, 2.24) is 4.90 Å². The normalized spacial score (nSPS) is 28.2. The SMILES string of the molecule is CC1CC(O)CN1C(=O)CC(C)(F)F. The first kappa shape index (κ1) is 11.4. The van der Waals surface area contributed by atoms with Crippen molar-refractivity contribution in [1.29, 1.82) is 0 Å². The highest BCUT2D eigenvalue weighted by atomic mass is 19.3. The zero-order valence-corrected chi connectivity index (χ0v) is 8.33. The van der Waals surface area contributed by atoms with Crippen molar-refractivity contribution in [3.05, 3.63) is 0 Å². The third kappa shape index (κ3) is 2.90. The van der Waals surface area contributed by atoms with E-state index in [4.69, 9.17) is 0 Å². The van der Waals surface area contributed by atoms with Crippen molar-refractivity contribution in [3.63, 3.8) is 0 Å². The molecule has 1 aliphatic rings. The molecule has 0 aromatic carbocycles. The fourth-order valence-corrected chi connectivity index (χ4v) is 1.72. The topological polar surface area (TPSA) is 40.5 Å². The van der Waals surface area contributed by atoms with Gasteiger partial charge in [0.25, 0.3) is 5.92 Å². The summed E-state index contributed by atoms with van der Waals surface area (Å²) < 4.78 is 25.1. The van der Waals surface area contributed by atoms with Crippen LogP contribution in [0.2, 0.25) is 0 Å². The highest BCUT2D eigenvalue weighted by molar-refractivity contribution is 5.77. The van der Waals surface area contributed by atoms with Gasteiger partial charge >= 0.3 is 0 Å². The minimum absolute atomic E-state index is 0.139. The Morgan fingerprint density at radius 1 is 1.64 bits per heavy atom. The molecule has 82 valence electrons. The van der Waals surface area contributed by atoms with Gasteiger partial charge in [-0.2, -0.15) is 0 Å². The number of β-amino-alcohol motifs (C(OH)–C–C–N with tert-alkyl or cyclic N) is 1. The van der Waals surface area contributed by atoms with Crippen LogP contribution in [-0.2, 0) is 4.79 Å². The monoisotopic (exact) mass is 207 g/mol. The molecule has 1 rings (SSSR count). The third-order valence-electron chi connectivity index (χ3n) is 2.33. The van der Waals surface area contributed by atoms with E-state index in [1.807, 2.05) is 0 Å². The summed E-state index contributed by atoms with van der Waals surface area (Å²) in [6, 6.07) is -0.139. The summed E-state index contributed by atoms with van der Waals surface area (Å²) in [6.07, 6.45) is -0.870. The lowest BCUT2D eigenvalue weighted by atomic mass is 10.2. The number of aliphatic hydroxyl groups excluding tert-OH is 1. The van der Waals surface area contributed by atoms with Crippen LogP contribution >= 0.6 is 0 Å². The van der Waals surface area contributed by atoms with E-state index in [-0.39, 0.29) is 12.6 Å². The van der Waals surface area contributed by atoms with Crippen LogP contribution in [0.4, 0.5) is 8.78 Å². The predicted molar refractivity (Wildman–Crippen MR) is 47.0 cm³/mol. The van der Waals surface area contributed by atoms with Crippen molar-refractivity contribution >= 4 is 5.91 Å². The summed E-state index contributed by atoms with van der Waals surface area (Å²) in [5.41, 5.74) is 0. The Morgan fingerprint density at radius 3 is 2.57 bits per heavy atom. The molecule has 1 saturated heterocycles. The molecule has 0 aromatic rings. The van der Waals surface area contributed by atoms with Crippen LogP contribution in [0.3, 0.4) is 0 Å². The fraction of sp³-hybridized carbons (Fsp3) is 0.889. The number of nitrogens with zero attached hydrogens (tertiary/aromatic N) is 1. The Labute approximate surface area is 81.7 Å². The summed E-state index contributed by atoms with van der Waals surface area (Å²) in [5, 5.41) is 9.24. The number of carbonyl (C=O) groups excluding carboxylic acids is 1. The van der Waals surface area contributed by atoms with Gasteiger partial charge in [0, 0.05) is 12.6 Å². The van der Waals surface area contributed by atoms with Crippen LogP contribution in [0.25, 0.3) is 0 Å². The van der Waals surface area contributed by atoms with Gasteiger partial charge in [-0.1, -0.05) is 0 Å². The molecule has 3 nitrogen and oxygen atoms in total. The standard InChI is InChI=1S/C9H15F2NO2/c1-6-3-7(13)5-12(6)8(14)4-9(2,10)11/h6-7,13H,3-5H2,1-2H3. The molecule has 2 atom stereocenters. The number of rotatable bonds is 2. The average Bonchev–Trinajstić information content (AvgIpc) is 2.26. The lowest BCUT2D eigenvalue weighted by Crippen LogP contribution is -2.37. The summed E-state index contributed by atoms with van der Waals surface area (Å²) in [4.78, 5) is 12.7. The van der Waals surface area contributed by atoms with Crippen LogP contribution in [0.5, 0.6) is 0 Å². The van der Waals surface area contributed by atoms with Gasteiger partial charge in [-0.3, -0.25) is 4.79 Å². The number of likely N-dealkylation sites (tertiary alicyclic amines) is 1. The van der Waals surface area contributed by atoms with Gasteiger partial charge in [0.15, 0.2) is 0 Å². The van der Waals surface area contributed by atoms with Crippen LogP contribution in [0.15, 0.2) is 0 Å². The van der Waals surface area contributed by atoms with Crippen molar-refractivity contribution in [2.24, 2.45) is 0 Å². The zero-order chi connectivity index (χ0) is 10.9.